The summed E-state index contributed by atoms with van der Waals surface area (Å²) in [5, 5.41) is 3.44. The number of aromatic amines is 1. The van der Waals surface area contributed by atoms with Gasteiger partial charge in [0.1, 0.15) is 17.3 Å². The molecule has 8 heteroatoms. The first-order valence-electron chi connectivity index (χ1n) is 10.3. The Morgan fingerprint density at radius 3 is 2.71 bits per heavy atom. The smallest absolute Gasteiger partial charge is 0.258 e. The molecule has 0 saturated carbocycles. The molecular weight excluding hydrogens is 396 g/mol. The van der Waals surface area contributed by atoms with Gasteiger partial charge in [0.25, 0.3) is 5.56 Å². The summed E-state index contributed by atoms with van der Waals surface area (Å²) in [6.07, 6.45) is 1.92. The number of rotatable bonds is 10. The number of amides is 1. The van der Waals surface area contributed by atoms with Crippen LogP contribution in [0.3, 0.4) is 0 Å². The second-order valence-electron chi connectivity index (χ2n) is 7.21. The van der Waals surface area contributed by atoms with E-state index in [1.165, 1.54) is 0 Å². The maximum absolute atomic E-state index is 12.7. The van der Waals surface area contributed by atoms with Gasteiger partial charge in [-0.15, -0.1) is 0 Å². The molecule has 0 aliphatic carbocycles. The number of hydrogen-bond acceptors (Lipinski definition) is 6. The highest BCUT2D eigenvalue weighted by Crippen LogP contribution is 2.29. The molecule has 1 amide bonds. The van der Waals surface area contributed by atoms with Crippen molar-refractivity contribution in [2.45, 2.75) is 26.3 Å². The van der Waals surface area contributed by atoms with E-state index in [0.29, 0.717) is 47.0 Å². The summed E-state index contributed by atoms with van der Waals surface area (Å²) in [6.45, 7) is 3.33. The first-order valence-corrected chi connectivity index (χ1v) is 10.3. The minimum Gasteiger partial charge on any atom is -0.497 e. The van der Waals surface area contributed by atoms with Gasteiger partial charge in [-0.2, -0.15) is 0 Å². The van der Waals surface area contributed by atoms with Crippen molar-refractivity contribution in [1.29, 1.82) is 0 Å². The number of hydrogen-bond donors (Lipinski definition) is 2. The molecule has 0 aliphatic rings. The molecule has 2 N–H and O–H groups in total. The molecule has 0 atom stereocenters. The van der Waals surface area contributed by atoms with E-state index >= 15 is 0 Å². The average Bonchev–Trinajstić information content (AvgIpc) is 2.77. The van der Waals surface area contributed by atoms with E-state index in [9.17, 15) is 9.59 Å². The van der Waals surface area contributed by atoms with Crippen molar-refractivity contribution in [3.8, 4) is 11.5 Å². The van der Waals surface area contributed by atoms with Gasteiger partial charge in [-0.25, -0.2) is 4.98 Å². The van der Waals surface area contributed by atoms with Crippen LogP contribution in [0.25, 0.3) is 10.9 Å². The standard InChI is InChI=1S/C23H28N4O4/c1-4-5-12-27(14-21-24-18-9-7-6-8-17(18)23(29)26-21)15-22(28)25-19-11-10-16(30-2)13-20(19)31-3/h6-11,13H,4-5,12,14-15H2,1-3H3,(H,25,28)(H,24,26,29). The van der Waals surface area contributed by atoms with Gasteiger partial charge >= 0.3 is 0 Å². The van der Waals surface area contributed by atoms with Crippen LogP contribution in [0.4, 0.5) is 5.69 Å². The SMILES string of the molecule is CCCCN(CC(=O)Nc1ccc(OC)cc1OC)Cc1nc2ccccc2c(=O)[nH]1. The van der Waals surface area contributed by atoms with Gasteiger partial charge in [-0.3, -0.25) is 14.5 Å². The quantitative estimate of drug-likeness (QED) is 0.519. The lowest BCUT2D eigenvalue weighted by molar-refractivity contribution is -0.117. The molecule has 0 bridgehead atoms. The van der Waals surface area contributed by atoms with E-state index in [1.807, 2.05) is 23.1 Å². The Balaban J connectivity index is 1.74. The summed E-state index contributed by atoms with van der Waals surface area (Å²) in [5.41, 5.74) is 1.04. The Hall–Kier alpha value is -3.39. The van der Waals surface area contributed by atoms with Gasteiger partial charge in [0, 0.05) is 6.07 Å². The largest absolute Gasteiger partial charge is 0.497 e. The lowest BCUT2D eigenvalue weighted by atomic mass is 10.2. The summed E-state index contributed by atoms with van der Waals surface area (Å²) < 4.78 is 10.5. The molecule has 0 unspecified atom stereocenters. The number of aromatic nitrogens is 2. The fourth-order valence-corrected chi connectivity index (χ4v) is 3.31. The number of nitrogens with one attached hydrogen (secondary N) is 2. The monoisotopic (exact) mass is 424 g/mol. The van der Waals surface area contributed by atoms with Gasteiger partial charge in [0.05, 0.1) is 43.9 Å². The van der Waals surface area contributed by atoms with E-state index in [1.54, 1.807) is 38.5 Å². The van der Waals surface area contributed by atoms with Crippen LogP contribution in [0.15, 0.2) is 47.3 Å². The summed E-state index contributed by atoms with van der Waals surface area (Å²) in [7, 11) is 3.11. The van der Waals surface area contributed by atoms with Crippen molar-refractivity contribution in [2.75, 3.05) is 32.6 Å². The molecule has 31 heavy (non-hydrogen) atoms. The van der Waals surface area contributed by atoms with Gasteiger partial charge in [-0.05, 0) is 37.2 Å². The molecule has 0 aliphatic heterocycles. The number of ether oxygens (including phenoxy) is 2. The maximum Gasteiger partial charge on any atom is 0.258 e. The molecule has 1 heterocycles. The van der Waals surface area contributed by atoms with Crippen LogP contribution in [0.1, 0.15) is 25.6 Å². The van der Waals surface area contributed by atoms with Crippen molar-refractivity contribution >= 4 is 22.5 Å². The van der Waals surface area contributed by atoms with Crippen molar-refractivity contribution in [2.24, 2.45) is 0 Å². The number of anilines is 1. The van der Waals surface area contributed by atoms with Crippen LogP contribution in [0, 0.1) is 0 Å². The minimum atomic E-state index is -0.178. The van der Waals surface area contributed by atoms with Gasteiger partial charge in [-0.1, -0.05) is 25.5 Å². The lowest BCUT2D eigenvalue weighted by Crippen LogP contribution is -2.34. The van der Waals surface area contributed by atoms with Crippen LogP contribution in [-0.2, 0) is 11.3 Å². The molecule has 0 spiro atoms. The topological polar surface area (TPSA) is 96.6 Å². The van der Waals surface area contributed by atoms with E-state index in [4.69, 9.17) is 9.47 Å². The van der Waals surface area contributed by atoms with E-state index in [2.05, 4.69) is 22.2 Å². The third-order valence-electron chi connectivity index (χ3n) is 4.91. The molecule has 3 aromatic rings. The van der Waals surface area contributed by atoms with Gasteiger partial charge in [0.2, 0.25) is 5.91 Å². The normalized spacial score (nSPS) is 11.0. The van der Waals surface area contributed by atoms with Gasteiger partial charge < -0.3 is 19.8 Å². The third kappa shape index (κ3) is 5.82. The number of benzene rings is 2. The highest BCUT2D eigenvalue weighted by Gasteiger charge is 2.15. The molecule has 164 valence electrons. The molecule has 3 rings (SSSR count). The summed E-state index contributed by atoms with van der Waals surface area (Å²) in [6, 6.07) is 12.4. The van der Waals surface area contributed by atoms with Crippen molar-refractivity contribution in [3.63, 3.8) is 0 Å². The number of unbranched alkanes of at least 4 members (excludes halogenated alkanes) is 1. The van der Waals surface area contributed by atoms with E-state index in [-0.39, 0.29) is 18.0 Å². The number of methoxy groups -OCH3 is 2. The van der Waals surface area contributed by atoms with E-state index in [0.717, 1.165) is 12.8 Å². The number of carbonyl (C=O) groups is 1. The molecule has 2 aromatic carbocycles. The van der Waals surface area contributed by atoms with Crippen LogP contribution >= 0.6 is 0 Å². The predicted molar refractivity (Wildman–Crippen MR) is 121 cm³/mol. The Morgan fingerprint density at radius 1 is 1.16 bits per heavy atom. The van der Waals surface area contributed by atoms with Crippen molar-refractivity contribution in [3.05, 3.63) is 58.6 Å². The van der Waals surface area contributed by atoms with Crippen LogP contribution in [0.2, 0.25) is 0 Å². The van der Waals surface area contributed by atoms with Crippen molar-refractivity contribution in [1.82, 2.24) is 14.9 Å². The zero-order valence-corrected chi connectivity index (χ0v) is 18.1. The van der Waals surface area contributed by atoms with Crippen LogP contribution < -0.4 is 20.3 Å². The number of fused-ring (bicyclic) bond motifs is 1. The zero-order valence-electron chi connectivity index (χ0n) is 18.1. The number of nitrogens with zero attached hydrogens (tertiary/aromatic N) is 2. The Morgan fingerprint density at radius 2 is 1.97 bits per heavy atom. The third-order valence-corrected chi connectivity index (χ3v) is 4.91. The maximum atomic E-state index is 12.7. The highest BCUT2D eigenvalue weighted by molar-refractivity contribution is 5.93. The second-order valence-corrected chi connectivity index (χ2v) is 7.21. The Labute approximate surface area is 181 Å². The summed E-state index contributed by atoms with van der Waals surface area (Å²) in [4.78, 5) is 34.5. The highest BCUT2D eigenvalue weighted by atomic mass is 16.5. The molecule has 8 nitrogen and oxygen atoms in total. The first-order chi connectivity index (χ1) is 15.0. The van der Waals surface area contributed by atoms with Gasteiger partial charge in [0.15, 0.2) is 0 Å². The lowest BCUT2D eigenvalue weighted by Gasteiger charge is -2.21. The van der Waals surface area contributed by atoms with E-state index < -0.39 is 0 Å². The fourth-order valence-electron chi connectivity index (χ4n) is 3.31. The first kappa shape index (κ1) is 22.3. The second kappa shape index (κ2) is 10.6. The molecule has 0 saturated heterocycles. The van der Waals surface area contributed by atoms with Crippen molar-refractivity contribution < 1.29 is 14.3 Å². The number of H-pyrrole nitrogens is 1. The fraction of sp³-hybridized carbons (Fsp3) is 0.348. The van der Waals surface area contributed by atoms with Crippen LogP contribution in [-0.4, -0.2) is 48.1 Å². The zero-order chi connectivity index (χ0) is 22.2. The minimum absolute atomic E-state index is 0.158. The van der Waals surface area contributed by atoms with Crippen LogP contribution in [0.5, 0.6) is 11.5 Å². The summed E-state index contributed by atoms with van der Waals surface area (Å²) >= 11 is 0. The Kier molecular flexibility index (Phi) is 7.61. The molecule has 0 fully saturated rings. The molecular formula is C23H28N4O4. The Bertz CT molecular complexity index is 1100. The summed E-state index contributed by atoms with van der Waals surface area (Å²) in [5.74, 6) is 1.52. The molecule has 1 aromatic heterocycles. The average molecular weight is 425 g/mol. The number of para-hydroxylation sites is 1. The molecule has 0 radical (unpaired) electrons. The number of carbonyl (C=O) groups excluding carboxylic acids is 1. The predicted octanol–water partition coefficient (Wildman–Crippen LogP) is 3.18.